The van der Waals surface area contributed by atoms with Crippen molar-refractivity contribution in [2.75, 3.05) is 26.1 Å². The Morgan fingerprint density at radius 2 is 2.00 bits per heavy atom. The molecule has 0 aliphatic carbocycles. The molecule has 0 fully saturated rings. The summed E-state index contributed by atoms with van der Waals surface area (Å²) in [6.07, 6.45) is 0.390. The number of anilines is 1. The van der Waals surface area contributed by atoms with Crippen molar-refractivity contribution in [3.8, 4) is 0 Å². The molecule has 0 amide bonds. The summed E-state index contributed by atoms with van der Waals surface area (Å²) in [6, 6.07) is 6.17. The second-order valence-corrected chi connectivity index (χ2v) is 5.83. The van der Waals surface area contributed by atoms with E-state index in [4.69, 9.17) is 15.2 Å². The highest BCUT2D eigenvalue weighted by Gasteiger charge is 2.27. The molecule has 0 radical (unpaired) electrons. The number of nitrogens with one attached hydrogen (secondary N) is 1. The molecule has 19 heavy (non-hydrogen) atoms. The summed E-state index contributed by atoms with van der Waals surface area (Å²) >= 11 is 3.55. The molecule has 1 aromatic rings. The van der Waals surface area contributed by atoms with Crippen LogP contribution in [0, 0.1) is 6.92 Å². The van der Waals surface area contributed by atoms with Crippen molar-refractivity contribution in [2.24, 2.45) is 5.73 Å². The van der Waals surface area contributed by atoms with E-state index in [1.165, 1.54) is 5.56 Å². The molecule has 0 heterocycles. The van der Waals surface area contributed by atoms with Gasteiger partial charge in [0.15, 0.2) is 6.29 Å². The zero-order valence-electron chi connectivity index (χ0n) is 12.0. The molecule has 0 aliphatic heterocycles. The maximum absolute atomic E-state index is 5.91. The van der Waals surface area contributed by atoms with Gasteiger partial charge in [0.1, 0.15) is 0 Å². The number of methoxy groups -OCH3 is 2. The maximum atomic E-state index is 5.91. The van der Waals surface area contributed by atoms with Crippen molar-refractivity contribution in [2.45, 2.75) is 32.1 Å². The quantitative estimate of drug-likeness (QED) is 0.755. The van der Waals surface area contributed by atoms with E-state index >= 15 is 0 Å². The third-order valence-corrected chi connectivity index (χ3v) is 3.84. The van der Waals surface area contributed by atoms with Crippen LogP contribution in [0.15, 0.2) is 22.7 Å². The first kappa shape index (κ1) is 16.4. The minimum atomic E-state index is -0.299. The number of hydrogen-bond donors (Lipinski definition) is 2. The third-order valence-electron chi connectivity index (χ3n) is 3.15. The van der Waals surface area contributed by atoms with Crippen molar-refractivity contribution >= 4 is 21.6 Å². The van der Waals surface area contributed by atoms with Gasteiger partial charge in [0.25, 0.3) is 0 Å². The molecule has 0 saturated carbocycles. The monoisotopic (exact) mass is 330 g/mol. The molecule has 0 bridgehead atoms. The van der Waals surface area contributed by atoms with Gasteiger partial charge in [-0.05, 0) is 47.5 Å². The predicted octanol–water partition coefficient (Wildman–Crippen LogP) is 2.90. The number of aryl methyl sites for hydroxylation is 1. The molecular formula is C14H23BrN2O2. The largest absolute Gasteiger partial charge is 0.377 e. The lowest BCUT2D eigenvalue weighted by Crippen LogP contribution is -2.46. The summed E-state index contributed by atoms with van der Waals surface area (Å²) in [7, 11) is 3.27. The van der Waals surface area contributed by atoms with Crippen molar-refractivity contribution in [1.29, 1.82) is 0 Å². The number of nitrogens with two attached hydrogens (primary N) is 1. The molecule has 5 heteroatoms. The van der Waals surface area contributed by atoms with E-state index in [2.05, 4.69) is 47.2 Å². The Morgan fingerprint density at radius 3 is 2.53 bits per heavy atom. The Labute approximate surface area is 123 Å². The van der Waals surface area contributed by atoms with Crippen LogP contribution in [0.3, 0.4) is 0 Å². The summed E-state index contributed by atoms with van der Waals surface area (Å²) in [6.45, 7) is 4.61. The van der Waals surface area contributed by atoms with Gasteiger partial charge >= 0.3 is 0 Å². The van der Waals surface area contributed by atoms with E-state index < -0.39 is 0 Å². The highest BCUT2D eigenvalue weighted by Crippen LogP contribution is 2.28. The Bertz CT molecular complexity index is 410. The van der Waals surface area contributed by atoms with E-state index in [0.717, 1.165) is 10.2 Å². The number of benzene rings is 1. The van der Waals surface area contributed by atoms with E-state index in [9.17, 15) is 0 Å². The van der Waals surface area contributed by atoms with Gasteiger partial charge in [-0.25, -0.2) is 0 Å². The van der Waals surface area contributed by atoms with E-state index in [1.54, 1.807) is 14.2 Å². The Morgan fingerprint density at radius 1 is 1.37 bits per heavy atom. The van der Waals surface area contributed by atoms with Gasteiger partial charge in [0, 0.05) is 37.3 Å². The number of hydrogen-bond acceptors (Lipinski definition) is 4. The van der Waals surface area contributed by atoms with Gasteiger partial charge in [-0.15, -0.1) is 0 Å². The fraction of sp³-hybridized carbons (Fsp3) is 0.571. The SMILES string of the molecule is COC(CC(C)(CN)Nc1cc(C)ccc1Br)OC. The number of ether oxygens (including phenoxy) is 2. The van der Waals surface area contributed by atoms with Crippen LogP contribution < -0.4 is 11.1 Å². The summed E-state index contributed by atoms with van der Waals surface area (Å²) in [5.74, 6) is 0. The molecule has 0 aromatic heterocycles. The molecule has 4 nitrogen and oxygen atoms in total. The molecular weight excluding hydrogens is 308 g/mol. The highest BCUT2D eigenvalue weighted by atomic mass is 79.9. The van der Waals surface area contributed by atoms with Crippen LogP contribution in [-0.2, 0) is 9.47 Å². The van der Waals surface area contributed by atoms with Crippen LogP contribution in [0.5, 0.6) is 0 Å². The van der Waals surface area contributed by atoms with Crippen LogP contribution in [0.4, 0.5) is 5.69 Å². The van der Waals surface area contributed by atoms with Crippen molar-refractivity contribution in [3.05, 3.63) is 28.2 Å². The average Bonchev–Trinajstić information content (AvgIpc) is 2.40. The second-order valence-electron chi connectivity index (χ2n) is 4.98. The first-order valence-corrected chi connectivity index (χ1v) is 7.03. The van der Waals surface area contributed by atoms with Crippen LogP contribution in [0.1, 0.15) is 18.9 Å². The third kappa shape index (κ3) is 4.76. The molecule has 1 unspecified atom stereocenters. The van der Waals surface area contributed by atoms with Gasteiger partial charge in [-0.1, -0.05) is 6.07 Å². The standard InChI is InChI=1S/C14H23BrN2O2/c1-10-5-6-11(15)12(7-10)17-14(2,9-16)8-13(18-3)19-4/h5-7,13,17H,8-9,16H2,1-4H3. The smallest absolute Gasteiger partial charge is 0.159 e. The number of halogens is 1. The predicted molar refractivity (Wildman–Crippen MR) is 82.4 cm³/mol. The van der Waals surface area contributed by atoms with Crippen molar-refractivity contribution < 1.29 is 9.47 Å². The fourth-order valence-corrected chi connectivity index (χ4v) is 2.22. The molecule has 1 rings (SSSR count). The first-order chi connectivity index (χ1) is 8.94. The van der Waals surface area contributed by atoms with Gasteiger partial charge < -0.3 is 20.5 Å². The molecule has 0 saturated heterocycles. The van der Waals surface area contributed by atoms with Gasteiger partial charge in [-0.3, -0.25) is 0 Å². The fourth-order valence-electron chi connectivity index (χ4n) is 1.88. The zero-order valence-corrected chi connectivity index (χ0v) is 13.6. The Balaban J connectivity index is 2.87. The van der Waals surface area contributed by atoms with E-state index in [-0.39, 0.29) is 11.8 Å². The Hall–Kier alpha value is -0.620. The molecule has 1 atom stereocenters. The van der Waals surface area contributed by atoms with Crippen LogP contribution in [-0.4, -0.2) is 32.6 Å². The maximum Gasteiger partial charge on any atom is 0.159 e. The van der Waals surface area contributed by atoms with E-state index in [1.807, 2.05) is 6.07 Å². The first-order valence-electron chi connectivity index (χ1n) is 6.24. The lowest BCUT2D eigenvalue weighted by atomic mass is 9.96. The number of rotatable bonds is 7. The van der Waals surface area contributed by atoms with Crippen LogP contribution in [0.2, 0.25) is 0 Å². The molecule has 108 valence electrons. The lowest BCUT2D eigenvalue weighted by molar-refractivity contribution is -0.113. The summed E-state index contributed by atoms with van der Waals surface area (Å²) in [5, 5.41) is 3.48. The minimum Gasteiger partial charge on any atom is -0.377 e. The van der Waals surface area contributed by atoms with Gasteiger partial charge in [-0.2, -0.15) is 0 Å². The summed E-state index contributed by atoms with van der Waals surface area (Å²) < 4.78 is 11.5. The van der Waals surface area contributed by atoms with Gasteiger partial charge in [0.05, 0.1) is 5.54 Å². The zero-order chi connectivity index (χ0) is 14.5. The summed E-state index contributed by atoms with van der Waals surface area (Å²) in [5.41, 5.74) is 7.83. The van der Waals surface area contributed by atoms with E-state index in [0.29, 0.717) is 13.0 Å². The molecule has 0 aliphatic rings. The highest BCUT2D eigenvalue weighted by molar-refractivity contribution is 9.10. The van der Waals surface area contributed by atoms with Gasteiger partial charge in [0.2, 0.25) is 0 Å². The van der Waals surface area contributed by atoms with Crippen LogP contribution >= 0.6 is 15.9 Å². The van der Waals surface area contributed by atoms with Crippen LogP contribution in [0.25, 0.3) is 0 Å². The Kier molecular flexibility index (Phi) is 6.26. The van der Waals surface area contributed by atoms with Crippen molar-refractivity contribution in [3.63, 3.8) is 0 Å². The topological polar surface area (TPSA) is 56.5 Å². The molecule has 3 N–H and O–H groups in total. The normalized spacial score (nSPS) is 14.5. The molecule has 1 aromatic carbocycles. The lowest BCUT2D eigenvalue weighted by Gasteiger charge is -2.33. The average molecular weight is 331 g/mol. The molecule has 0 spiro atoms. The summed E-state index contributed by atoms with van der Waals surface area (Å²) in [4.78, 5) is 0. The second kappa shape index (κ2) is 7.24. The minimum absolute atomic E-state index is 0.273. The van der Waals surface area contributed by atoms with Crippen molar-refractivity contribution in [1.82, 2.24) is 0 Å².